The number of anilines is 1. The second kappa shape index (κ2) is 8.16. The van der Waals surface area contributed by atoms with Gasteiger partial charge in [-0.3, -0.25) is 4.79 Å². The van der Waals surface area contributed by atoms with Crippen LogP contribution in [0.5, 0.6) is 5.75 Å². The summed E-state index contributed by atoms with van der Waals surface area (Å²) in [5.74, 6) is 0.619. The molecule has 0 atom stereocenters. The Kier molecular flexibility index (Phi) is 6.20. The minimum absolute atomic E-state index is 0.167. The van der Waals surface area contributed by atoms with Gasteiger partial charge in [0.15, 0.2) is 9.84 Å². The molecule has 2 rings (SSSR count). The number of amides is 1. The van der Waals surface area contributed by atoms with Gasteiger partial charge in [-0.05, 0) is 49.6 Å². The molecule has 0 aliphatic rings. The molecule has 1 amide bonds. The lowest BCUT2D eigenvalue weighted by molar-refractivity contribution is -0.116. The first-order chi connectivity index (χ1) is 11.8. The van der Waals surface area contributed by atoms with E-state index < -0.39 is 9.84 Å². The topological polar surface area (TPSA) is 72.5 Å². The first-order valence-electron chi connectivity index (χ1n) is 8.12. The Bertz CT molecular complexity index is 859. The summed E-state index contributed by atoms with van der Waals surface area (Å²) in [5.41, 5.74) is 2.31. The average Bonchev–Trinajstić information content (AvgIpc) is 2.55. The molecule has 6 heteroatoms. The maximum absolute atomic E-state index is 12.3. The molecule has 0 fully saturated rings. The van der Waals surface area contributed by atoms with Crippen molar-refractivity contribution in [1.29, 1.82) is 0 Å². The van der Waals surface area contributed by atoms with Crippen LogP contribution < -0.4 is 10.1 Å². The van der Waals surface area contributed by atoms with Gasteiger partial charge in [0.05, 0.1) is 11.5 Å². The maximum atomic E-state index is 12.3. The number of nitrogens with one attached hydrogen (secondary N) is 1. The lowest BCUT2D eigenvalue weighted by Gasteiger charge is -2.12. The van der Waals surface area contributed by atoms with Gasteiger partial charge in [0.1, 0.15) is 5.75 Å². The van der Waals surface area contributed by atoms with Gasteiger partial charge < -0.3 is 10.1 Å². The minimum atomic E-state index is -3.31. The van der Waals surface area contributed by atoms with E-state index in [2.05, 4.69) is 5.32 Å². The number of carbonyl (C=O) groups is 1. The summed E-state index contributed by atoms with van der Waals surface area (Å²) >= 11 is 0. The molecule has 0 heterocycles. The SMILES string of the molecule is CCOc1ccccc1CCC(=O)Nc1cc(S(C)(=O)=O)ccc1C. The fraction of sp³-hybridized carbons (Fsp3) is 0.316. The summed E-state index contributed by atoms with van der Waals surface area (Å²) in [6.07, 6.45) is 1.98. The molecule has 5 nitrogen and oxygen atoms in total. The van der Waals surface area contributed by atoms with E-state index >= 15 is 0 Å². The van der Waals surface area contributed by atoms with Crippen LogP contribution in [0.25, 0.3) is 0 Å². The predicted molar refractivity (Wildman–Crippen MR) is 98.9 cm³/mol. The van der Waals surface area contributed by atoms with Crippen molar-refractivity contribution in [2.75, 3.05) is 18.2 Å². The van der Waals surface area contributed by atoms with Crippen molar-refractivity contribution in [2.24, 2.45) is 0 Å². The Balaban J connectivity index is 2.06. The number of hydrogen-bond donors (Lipinski definition) is 1. The van der Waals surface area contributed by atoms with E-state index in [0.717, 1.165) is 23.1 Å². The molecule has 0 saturated carbocycles. The second-order valence-corrected chi connectivity index (χ2v) is 7.85. The summed E-state index contributed by atoms with van der Waals surface area (Å²) in [5, 5.41) is 2.80. The van der Waals surface area contributed by atoms with Crippen LogP contribution in [0.1, 0.15) is 24.5 Å². The Morgan fingerprint density at radius 1 is 1.16 bits per heavy atom. The number of para-hydroxylation sites is 1. The van der Waals surface area contributed by atoms with Crippen LogP contribution in [0.2, 0.25) is 0 Å². The molecule has 0 bridgehead atoms. The predicted octanol–water partition coefficient (Wildman–Crippen LogP) is 3.37. The highest BCUT2D eigenvalue weighted by Crippen LogP contribution is 2.22. The lowest BCUT2D eigenvalue weighted by atomic mass is 10.1. The fourth-order valence-electron chi connectivity index (χ4n) is 2.43. The Morgan fingerprint density at radius 2 is 1.88 bits per heavy atom. The summed E-state index contributed by atoms with van der Waals surface area (Å²) in [6, 6.07) is 12.4. The van der Waals surface area contributed by atoms with Crippen LogP contribution in [0.15, 0.2) is 47.4 Å². The van der Waals surface area contributed by atoms with Gasteiger partial charge in [0, 0.05) is 18.4 Å². The van der Waals surface area contributed by atoms with Crippen LogP contribution >= 0.6 is 0 Å². The molecule has 0 radical (unpaired) electrons. The Labute approximate surface area is 148 Å². The van der Waals surface area contributed by atoms with Crippen molar-refractivity contribution in [3.63, 3.8) is 0 Å². The number of aryl methyl sites for hydroxylation is 2. The highest BCUT2D eigenvalue weighted by atomic mass is 32.2. The van der Waals surface area contributed by atoms with Gasteiger partial charge in [0.2, 0.25) is 5.91 Å². The first kappa shape index (κ1) is 19.0. The molecule has 1 N–H and O–H groups in total. The van der Waals surface area contributed by atoms with E-state index in [-0.39, 0.29) is 17.2 Å². The Hall–Kier alpha value is -2.34. The van der Waals surface area contributed by atoms with Crippen LogP contribution in [-0.2, 0) is 21.1 Å². The van der Waals surface area contributed by atoms with E-state index in [9.17, 15) is 13.2 Å². The molecule has 0 saturated heterocycles. The minimum Gasteiger partial charge on any atom is -0.494 e. The van der Waals surface area contributed by atoms with E-state index in [0.29, 0.717) is 18.7 Å². The molecule has 2 aromatic rings. The normalized spacial score (nSPS) is 11.2. The molecule has 0 aromatic heterocycles. The van der Waals surface area contributed by atoms with Gasteiger partial charge in [0.25, 0.3) is 0 Å². The Morgan fingerprint density at radius 3 is 2.56 bits per heavy atom. The largest absolute Gasteiger partial charge is 0.494 e. The second-order valence-electron chi connectivity index (χ2n) is 5.84. The summed E-state index contributed by atoms with van der Waals surface area (Å²) in [6.45, 7) is 4.31. The van der Waals surface area contributed by atoms with Gasteiger partial charge in [-0.15, -0.1) is 0 Å². The number of benzene rings is 2. The van der Waals surface area contributed by atoms with Crippen molar-refractivity contribution < 1.29 is 17.9 Å². The molecular weight excluding hydrogens is 338 g/mol. The molecular formula is C19H23NO4S. The summed E-state index contributed by atoms with van der Waals surface area (Å²) in [7, 11) is -3.31. The van der Waals surface area contributed by atoms with Gasteiger partial charge in [-0.1, -0.05) is 24.3 Å². The number of carbonyl (C=O) groups excluding carboxylic acids is 1. The first-order valence-corrected chi connectivity index (χ1v) is 10.0. The average molecular weight is 361 g/mol. The summed E-state index contributed by atoms with van der Waals surface area (Å²) in [4.78, 5) is 12.5. The van der Waals surface area contributed by atoms with Crippen molar-refractivity contribution in [2.45, 2.75) is 31.6 Å². The molecule has 25 heavy (non-hydrogen) atoms. The number of sulfone groups is 1. The van der Waals surface area contributed by atoms with Crippen molar-refractivity contribution in [1.82, 2.24) is 0 Å². The lowest BCUT2D eigenvalue weighted by Crippen LogP contribution is -2.14. The fourth-order valence-corrected chi connectivity index (χ4v) is 3.08. The van der Waals surface area contributed by atoms with Crippen LogP contribution in [-0.4, -0.2) is 27.2 Å². The third-order valence-corrected chi connectivity index (χ3v) is 4.92. The third-order valence-electron chi connectivity index (χ3n) is 3.81. The molecule has 0 aliphatic carbocycles. The van der Waals surface area contributed by atoms with Crippen molar-refractivity contribution in [3.05, 3.63) is 53.6 Å². The molecule has 134 valence electrons. The highest BCUT2D eigenvalue weighted by Gasteiger charge is 2.12. The quantitative estimate of drug-likeness (QED) is 0.821. The number of ether oxygens (including phenoxy) is 1. The standard InChI is InChI=1S/C19H23NO4S/c1-4-24-18-8-6-5-7-15(18)10-12-19(21)20-17-13-16(25(3,22)23)11-9-14(17)2/h5-9,11,13H,4,10,12H2,1-3H3,(H,20,21). The zero-order valence-electron chi connectivity index (χ0n) is 14.7. The van der Waals surface area contributed by atoms with Gasteiger partial charge in [-0.25, -0.2) is 8.42 Å². The van der Waals surface area contributed by atoms with Crippen molar-refractivity contribution >= 4 is 21.4 Å². The number of hydrogen-bond acceptors (Lipinski definition) is 4. The highest BCUT2D eigenvalue weighted by molar-refractivity contribution is 7.90. The van der Waals surface area contributed by atoms with E-state index in [4.69, 9.17) is 4.74 Å². The van der Waals surface area contributed by atoms with Gasteiger partial charge >= 0.3 is 0 Å². The van der Waals surface area contributed by atoms with Crippen molar-refractivity contribution in [3.8, 4) is 5.75 Å². The molecule has 2 aromatic carbocycles. The van der Waals surface area contributed by atoms with E-state index in [1.165, 1.54) is 6.07 Å². The zero-order valence-corrected chi connectivity index (χ0v) is 15.5. The monoisotopic (exact) mass is 361 g/mol. The van der Waals surface area contributed by atoms with E-state index in [1.807, 2.05) is 38.1 Å². The molecule has 0 spiro atoms. The zero-order chi connectivity index (χ0) is 18.4. The maximum Gasteiger partial charge on any atom is 0.224 e. The smallest absolute Gasteiger partial charge is 0.224 e. The third kappa shape index (κ3) is 5.32. The summed E-state index contributed by atoms with van der Waals surface area (Å²) < 4.78 is 28.9. The van der Waals surface area contributed by atoms with E-state index in [1.54, 1.807) is 12.1 Å². The number of rotatable bonds is 7. The van der Waals surface area contributed by atoms with Crippen LogP contribution in [0, 0.1) is 6.92 Å². The molecule has 0 aliphatic heterocycles. The van der Waals surface area contributed by atoms with Crippen LogP contribution in [0.3, 0.4) is 0 Å². The van der Waals surface area contributed by atoms with Gasteiger partial charge in [-0.2, -0.15) is 0 Å². The van der Waals surface area contributed by atoms with Crippen LogP contribution in [0.4, 0.5) is 5.69 Å². The molecule has 0 unspecified atom stereocenters.